The van der Waals surface area contributed by atoms with E-state index in [9.17, 15) is 4.79 Å². The van der Waals surface area contributed by atoms with E-state index in [0.717, 1.165) is 18.8 Å². The zero-order valence-electron chi connectivity index (χ0n) is 10.3. The fourth-order valence-corrected chi connectivity index (χ4v) is 3.86. The van der Waals surface area contributed by atoms with Crippen molar-refractivity contribution in [3.63, 3.8) is 0 Å². The minimum atomic E-state index is -0.168. The van der Waals surface area contributed by atoms with E-state index in [4.69, 9.17) is 0 Å². The summed E-state index contributed by atoms with van der Waals surface area (Å²) in [4.78, 5) is 14.7. The third-order valence-corrected chi connectivity index (χ3v) is 4.75. The van der Waals surface area contributed by atoms with Gasteiger partial charge in [-0.25, -0.2) is 0 Å². The molecule has 0 aromatic carbocycles. The first-order valence-electron chi connectivity index (χ1n) is 6.73. The topological polar surface area (TPSA) is 32.3 Å². The summed E-state index contributed by atoms with van der Waals surface area (Å²) in [6.07, 6.45) is 7.18. The van der Waals surface area contributed by atoms with Crippen LogP contribution in [0.15, 0.2) is 0 Å². The van der Waals surface area contributed by atoms with Crippen molar-refractivity contribution >= 4 is 5.91 Å². The number of nitrogens with one attached hydrogen (secondary N) is 1. The van der Waals surface area contributed by atoms with Crippen LogP contribution in [0.1, 0.15) is 52.4 Å². The quantitative estimate of drug-likeness (QED) is 0.734. The van der Waals surface area contributed by atoms with Gasteiger partial charge >= 0.3 is 0 Å². The van der Waals surface area contributed by atoms with Crippen molar-refractivity contribution in [2.24, 2.45) is 5.92 Å². The highest BCUT2D eigenvalue weighted by molar-refractivity contribution is 5.89. The molecule has 1 heterocycles. The van der Waals surface area contributed by atoms with E-state index in [1.54, 1.807) is 0 Å². The van der Waals surface area contributed by atoms with Crippen molar-refractivity contribution < 1.29 is 4.79 Å². The van der Waals surface area contributed by atoms with Crippen LogP contribution in [0.3, 0.4) is 0 Å². The molecule has 2 saturated carbocycles. The summed E-state index contributed by atoms with van der Waals surface area (Å²) in [6.45, 7) is 4.43. The molecule has 2 aliphatic carbocycles. The Balaban J connectivity index is 1.78. The monoisotopic (exact) mass is 222 g/mol. The number of hydrogen-bond acceptors (Lipinski definition) is 2. The zero-order valence-corrected chi connectivity index (χ0v) is 10.3. The lowest BCUT2D eigenvalue weighted by Gasteiger charge is -2.41. The fraction of sp³-hybridized carbons (Fsp3) is 0.923. The molecule has 0 aromatic heterocycles. The summed E-state index contributed by atoms with van der Waals surface area (Å²) in [7, 11) is 0. The lowest BCUT2D eigenvalue weighted by atomic mass is 9.80. The Kier molecular flexibility index (Phi) is 2.29. The van der Waals surface area contributed by atoms with E-state index >= 15 is 0 Å². The van der Waals surface area contributed by atoms with Crippen molar-refractivity contribution in [3.8, 4) is 0 Å². The molecule has 0 bridgehead atoms. The predicted octanol–water partition coefficient (Wildman–Crippen LogP) is 1.88. The molecule has 90 valence electrons. The molecule has 1 aliphatic heterocycles. The highest BCUT2D eigenvalue weighted by Gasteiger charge is 2.53. The normalized spacial score (nSPS) is 41.8. The highest BCUT2D eigenvalue weighted by Crippen LogP contribution is 2.41. The maximum atomic E-state index is 12.5. The van der Waals surface area contributed by atoms with Crippen LogP contribution in [0, 0.1) is 5.92 Å². The van der Waals surface area contributed by atoms with Gasteiger partial charge in [-0.1, -0.05) is 19.8 Å². The SMILES string of the molecule is CC1CC(N2C(=O)C3(CCCC3)NC2C)C1. The average molecular weight is 222 g/mol. The van der Waals surface area contributed by atoms with Gasteiger partial charge in [0.2, 0.25) is 5.91 Å². The largest absolute Gasteiger partial charge is 0.323 e. The van der Waals surface area contributed by atoms with Gasteiger partial charge in [0.1, 0.15) is 0 Å². The van der Waals surface area contributed by atoms with Crippen LogP contribution >= 0.6 is 0 Å². The highest BCUT2D eigenvalue weighted by atomic mass is 16.2. The first-order valence-corrected chi connectivity index (χ1v) is 6.73. The van der Waals surface area contributed by atoms with Gasteiger partial charge in [0.05, 0.1) is 11.7 Å². The van der Waals surface area contributed by atoms with Crippen LogP contribution in [0.25, 0.3) is 0 Å². The van der Waals surface area contributed by atoms with Gasteiger partial charge in [-0.3, -0.25) is 10.1 Å². The van der Waals surface area contributed by atoms with Crippen LogP contribution in [-0.4, -0.2) is 28.6 Å². The first-order chi connectivity index (χ1) is 7.62. The number of rotatable bonds is 1. The first kappa shape index (κ1) is 10.6. The molecule has 3 nitrogen and oxygen atoms in total. The molecule has 16 heavy (non-hydrogen) atoms. The summed E-state index contributed by atoms with van der Waals surface area (Å²) < 4.78 is 0. The van der Waals surface area contributed by atoms with E-state index in [-0.39, 0.29) is 11.7 Å². The number of nitrogens with zero attached hydrogens (tertiary/aromatic N) is 1. The predicted molar refractivity (Wildman–Crippen MR) is 62.8 cm³/mol. The van der Waals surface area contributed by atoms with Crippen molar-refractivity contribution in [2.75, 3.05) is 0 Å². The third-order valence-electron chi connectivity index (χ3n) is 4.75. The summed E-state index contributed by atoms with van der Waals surface area (Å²) in [5, 5.41) is 3.57. The maximum Gasteiger partial charge on any atom is 0.244 e. The Morgan fingerprint density at radius 2 is 1.88 bits per heavy atom. The van der Waals surface area contributed by atoms with Crippen molar-refractivity contribution in [2.45, 2.75) is 70.1 Å². The Morgan fingerprint density at radius 1 is 1.25 bits per heavy atom. The van der Waals surface area contributed by atoms with Crippen molar-refractivity contribution in [1.29, 1.82) is 0 Å². The number of hydrogen-bond donors (Lipinski definition) is 1. The maximum absolute atomic E-state index is 12.5. The molecule has 1 amide bonds. The van der Waals surface area contributed by atoms with E-state index in [2.05, 4.69) is 24.1 Å². The lowest BCUT2D eigenvalue weighted by molar-refractivity contribution is -0.137. The molecule has 1 spiro atoms. The van der Waals surface area contributed by atoms with Crippen molar-refractivity contribution in [3.05, 3.63) is 0 Å². The van der Waals surface area contributed by atoms with E-state index in [1.165, 1.54) is 25.7 Å². The molecule has 1 N–H and O–H groups in total. The summed E-state index contributed by atoms with van der Waals surface area (Å²) >= 11 is 0. The van der Waals surface area contributed by atoms with Gasteiger partial charge < -0.3 is 4.90 Å². The van der Waals surface area contributed by atoms with Gasteiger partial charge in [0.25, 0.3) is 0 Å². The van der Waals surface area contributed by atoms with Crippen LogP contribution in [-0.2, 0) is 4.79 Å². The Hall–Kier alpha value is -0.570. The minimum Gasteiger partial charge on any atom is -0.323 e. The second-order valence-electron chi connectivity index (χ2n) is 6.05. The molecule has 3 heteroatoms. The van der Waals surface area contributed by atoms with Crippen LogP contribution in [0.2, 0.25) is 0 Å². The fourth-order valence-electron chi connectivity index (χ4n) is 3.86. The molecule has 1 unspecified atom stereocenters. The average Bonchev–Trinajstić information content (AvgIpc) is 2.72. The standard InChI is InChI=1S/C13H22N2O/c1-9-7-11(8-9)15-10(2)14-13(12(15)16)5-3-4-6-13/h9-11,14H,3-8H2,1-2H3. The minimum absolute atomic E-state index is 0.168. The molecular formula is C13H22N2O. The van der Waals surface area contributed by atoms with Gasteiger partial charge in [-0.2, -0.15) is 0 Å². The zero-order chi connectivity index (χ0) is 11.3. The molecule has 0 aromatic rings. The van der Waals surface area contributed by atoms with Gasteiger partial charge in [-0.15, -0.1) is 0 Å². The molecule has 0 radical (unpaired) electrons. The molecule has 3 aliphatic rings. The van der Waals surface area contributed by atoms with E-state index < -0.39 is 0 Å². The second-order valence-corrected chi connectivity index (χ2v) is 6.05. The van der Waals surface area contributed by atoms with E-state index in [1.807, 2.05) is 0 Å². The van der Waals surface area contributed by atoms with Crippen molar-refractivity contribution in [1.82, 2.24) is 10.2 Å². The number of carbonyl (C=O) groups excluding carboxylic acids is 1. The Morgan fingerprint density at radius 3 is 2.44 bits per heavy atom. The summed E-state index contributed by atoms with van der Waals surface area (Å²) in [6, 6.07) is 0.518. The second kappa shape index (κ2) is 3.46. The lowest BCUT2D eigenvalue weighted by Crippen LogP contribution is -2.50. The van der Waals surface area contributed by atoms with Gasteiger partial charge in [0.15, 0.2) is 0 Å². The molecule has 3 fully saturated rings. The number of carbonyl (C=O) groups is 1. The van der Waals surface area contributed by atoms with Gasteiger partial charge in [-0.05, 0) is 38.5 Å². The molecular weight excluding hydrogens is 200 g/mol. The van der Waals surface area contributed by atoms with Crippen LogP contribution < -0.4 is 5.32 Å². The third kappa shape index (κ3) is 1.33. The molecule has 3 rings (SSSR count). The smallest absolute Gasteiger partial charge is 0.244 e. The van der Waals surface area contributed by atoms with E-state index in [0.29, 0.717) is 11.9 Å². The molecule has 1 atom stereocenters. The molecule has 1 saturated heterocycles. The summed E-state index contributed by atoms with van der Waals surface area (Å²) in [5.41, 5.74) is -0.168. The van der Waals surface area contributed by atoms with Gasteiger partial charge in [0, 0.05) is 6.04 Å². The Labute approximate surface area is 97.6 Å². The van der Waals surface area contributed by atoms with Crippen LogP contribution in [0.5, 0.6) is 0 Å². The summed E-state index contributed by atoms with van der Waals surface area (Å²) in [5.74, 6) is 1.21. The number of amides is 1. The Bertz CT molecular complexity index is 303. The van der Waals surface area contributed by atoms with Crippen LogP contribution in [0.4, 0.5) is 0 Å².